The summed E-state index contributed by atoms with van der Waals surface area (Å²) in [5.74, 6) is 0.352. The van der Waals surface area contributed by atoms with Crippen LogP contribution in [0.1, 0.15) is 50.6 Å². The number of aromatic nitrogens is 5. The third-order valence-electron chi connectivity index (χ3n) is 6.74. The van der Waals surface area contributed by atoms with E-state index in [2.05, 4.69) is 32.7 Å². The summed E-state index contributed by atoms with van der Waals surface area (Å²) in [6, 6.07) is 9.26. The van der Waals surface area contributed by atoms with Gasteiger partial charge in [-0.3, -0.25) is 9.78 Å². The molecule has 0 amide bonds. The van der Waals surface area contributed by atoms with Crippen LogP contribution in [0.25, 0.3) is 16.7 Å². The number of nitrogens with zero attached hydrogens (tertiary/aromatic N) is 5. The van der Waals surface area contributed by atoms with Crippen molar-refractivity contribution < 1.29 is 9.50 Å². The molecule has 4 aromatic rings. The molecule has 0 radical (unpaired) electrons. The van der Waals surface area contributed by atoms with Gasteiger partial charge in [-0.25, -0.2) is 18.7 Å². The Morgan fingerprint density at radius 1 is 1.17 bits per heavy atom. The molecule has 5 rings (SSSR count). The fourth-order valence-electron chi connectivity index (χ4n) is 4.49. The number of rotatable bonds is 6. The summed E-state index contributed by atoms with van der Waals surface area (Å²) >= 11 is 0. The molecule has 0 saturated heterocycles. The van der Waals surface area contributed by atoms with Crippen LogP contribution in [0.5, 0.6) is 0 Å². The molecular weight excluding hydrogens is 461 g/mol. The Bertz CT molecular complexity index is 1490. The predicted molar refractivity (Wildman–Crippen MR) is 137 cm³/mol. The summed E-state index contributed by atoms with van der Waals surface area (Å²) in [5, 5.41) is 17.7. The molecule has 3 N–H and O–H groups in total. The monoisotopic (exact) mass is 491 g/mol. The Morgan fingerprint density at radius 3 is 2.72 bits per heavy atom. The van der Waals surface area contributed by atoms with Gasteiger partial charge in [0.15, 0.2) is 5.65 Å². The van der Waals surface area contributed by atoms with Gasteiger partial charge in [0, 0.05) is 30.7 Å². The van der Waals surface area contributed by atoms with E-state index in [4.69, 9.17) is 4.98 Å². The summed E-state index contributed by atoms with van der Waals surface area (Å²) < 4.78 is 17.4. The van der Waals surface area contributed by atoms with E-state index < -0.39 is 11.8 Å². The molecule has 188 valence electrons. The molecule has 9 nitrogen and oxygen atoms in total. The van der Waals surface area contributed by atoms with Gasteiger partial charge < -0.3 is 15.7 Å². The van der Waals surface area contributed by atoms with Crippen LogP contribution in [0.2, 0.25) is 0 Å². The zero-order chi connectivity index (χ0) is 25.6. The van der Waals surface area contributed by atoms with E-state index in [0.29, 0.717) is 22.7 Å². The fraction of sp³-hybridized carbons (Fsp3) is 0.385. The molecule has 0 bridgehead atoms. The fourth-order valence-corrected chi connectivity index (χ4v) is 4.49. The first-order valence-electron chi connectivity index (χ1n) is 12.1. The minimum atomic E-state index is -1.79. The van der Waals surface area contributed by atoms with Gasteiger partial charge in [-0.1, -0.05) is 6.07 Å². The van der Waals surface area contributed by atoms with Gasteiger partial charge in [0.1, 0.15) is 17.2 Å². The number of anilines is 2. The average Bonchev–Trinajstić information content (AvgIpc) is 3.16. The van der Waals surface area contributed by atoms with Crippen molar-refractivity contribution in [3.05, 3.63) is 69.9 Å². The minimum Gasteiger partial charge on any atom is -0.381 e. The maximum Gasteiger partial charge on any atom is 0.278 e. The average molecular weight is 492 g/mol. The summed E-state index contributed by atoms with van der Waals surface area (Å²) in [6.45, 7) is 8.25. The lowest BCUT2D eigenvalue weighted by molar-refractivity contribution is -0.0196. The smallest absolute Gasteiger partial charge is 0.278 e. The molecule has 0 spiro atoms. The lowest BCUT2D eigenvalue weighted by Gasteiger charge is -2.25. The van der Waals surface area contributed by atoms with Crippen LogP contribution in [-0.4, -0.2) is 42.1 Å². The first-order valence-corrected chi connectivity index (χ1v) is 12.1. The largest absolute Gasteiger partial charge is 0.381 e. The molecule has 0 saturated carbocycles. The van der Waals surface area contributed by atoms with Crippen molar-refractivity contribution in [2.24, 2.45) is 0 Å². The highest BCUT2D eigenvalue weighted by molar-refractivity contribution is 5.77. The topological polar surface area (TPSA) is 110 Å². The molecule has 1 aromatic carbocycles. The second-order valence-corrected chi connectivity index (χ2v) is 9.68. The van der Waals surface area contributed by atoms with E-state index in [1.807, 2.05) is 19.9 Å². The van der Waals surface area contributed by atoms with Crippen LogP contribution in [0.3, 0.4) is 0 Å². The summed E-state index contributed by atoms with van der Waals surface area (Å²) in [5.41, 5.74) is 2.50. The first kappa shape index (κ1) is 24.1. The van der Waals surface area contributed by atoms with Gasteiger partial charge in [0.25, 0.3) is 5.56 Å². The summed E-state index contributed by atoms with van der Waals surface area (Å²) in [6.07, 6.45) is 2.42. The van der Waals surface area contributed by atoms with E-state index in [1.54, 1.807) is 21.5 Å². The second-order valence-electron chi connectivity index (χ2n) is 9.68. The van der Waals surface area contributed by atoms with Crippen molar-refractivity contribution in [3.8, 4) is 5.69 Å². The third kappa shape index (κ3) is 4.16. The van der Waals surface area contributed by atoms with Crippen LogP contribution in [-0.2, 0) is 18.6 Å². The molecule has 0 aliphatic carbocycles. The number of aliphatic hydroxyl groups is 1. The minimum absolute atomic E-state index is 0.163. The molecule has 36 heavy (non-hydrogen) atoms. The molecule has 10 heteroatoms. The van der Waals surface area contributed by atoms with Gasteiger partial charge in [-0.15, -0.1) is 0 Å². The van der Waals surface area contributed by atoms with Gasteiger partial charge in [-0.05, 0) is 76.1 Å². The zero-order valence-corrected chi connectivity index (χ0v) is 20.8. The number of benzene rings is 1. The highest BCUT2D eigenvalue weighted by Crippen LogP contribution is 2.28. The Balaban J connectivity index is 1.62. The number of nitrogens with one attached hydrogen (secondary N) is 2. The molecule has 1 aliphatic heterocycles. The highest BCUT2D eigenvalue weighted by Gasteiger charge is 2.33. The van der Waals surface area contributed by atoms with Crippen molar-refractivity contribution >= 4 is 22.7 Å². The standard InChI is InChI=1S/C26H30FN7O2/c1-15(2)33-24(35)21-14-30-25(31-19-6-5-18-13-28-9-7-17(18)11-19)32-23(21)34(33)20-8-10-29-22(12-20)26(4,36)16(3)27/h5-6,8,10-12,14-16,28,36H,7,9,13H2,1-4H3,(H,30,31,32). The van der Waals surface area contributed by atoms with Crippen molar-refractivity contribution in [2.45, 2.75) is 58.5 Å². The summed E-state index contributed by atoms with van der Waals surface area (Å²) in [4.78, 5) is 26.6. The lowest BCUT2D eigenvalue weighted by atomic mass is 9.96. The lowest BCUT2D eigenvalue weighted by Crippen LogP contribution is -2.32. The molecule has 4 heterocycles. The van der Waals surface area contributed by atoms with E-state index in [9.17, 15) is 14.3 Å². The third-order valence-corrected chi connectivity index (χ3v) is 6.74. The van der Waals surface area contributed by atoms with Gasteiger partial charge >= 0.3 is 0 Å². The van der Waals surface area contributed by atoms with Gasteiger partial charge in [0.05, 0.1) is 11.4 Å². The normalized spacial score (nSPS) is 16.1. The van der Waals surface area contributed by atoms with Crippen molar-refractivity contribution in [1.29, 1.82) is 0 Å². The number of halogens is 1. The van der Waals surface area contributed by atoms with E-state index >= 15 is 0 Å². The Morgan fingerprint density at radius 2 is 1.97 bits per heavy atom. The second kappa shape index (κ2) is 9.11. The Labute approximate surface area is 208 Å². The SMILES string of the molecule is CC(C)n1c(=O)c2cnc(Nc3ccc4c(c3)CCNC4)nc2n1-c1ccnc(C(C)(O)C(C)F)c1. The van der Waals surface area contributed by atoms with E-state index in [0.717, 1.165) is 25.2 Å². The predicted octanol–water partition coefficient (Wildman–Crippen LogP) is 3.51. The Hall–Kier alpha value is -3.63. The van der Waals surface area contributed by atoms with Crippen molar-refractivity contribution in [1.82, 2.24) is 29.6 Å². The first-order chi connectivity index (χ1) is 17.2. The number of pyridine rings is 1. The molecule has 3 aromatic heterocycles. The van der Waals surface area contributed by atoms with Crippen molar-refractivity contribution in [2.75, 3.05) is 11.9 Å². The molecular formula is C26H30FN7O2. The molecule has 0 fully saturated rings. The van der Waals surface area contributed by atoms with Crippen LogP contribution in [0.4, 0.5) is 16.0 Å². The molecule has 2 atom stereocenters. The summed E-state index contributed by atoms with van der Waals surface area (Å²) in [7, 11) is 0. The van der Waals surface area contributed by atoms with Crippen LogP contribution < -0.4 is 16.2 Å². The number of hydrogen-bond acceptors (Lipinski definition) is 7. The van der Waals surface area contributed by atoms with E-state index in [-0.39, 0.29) is 17.3 Å². The number of fused-ring (bicyclic) bond motifs is 2. The molecule has 2 unspecified atom stereocenters. The van der Waals surface area contributed by atoms with Crippen LogP contribution in [0, 0.1) is 0 Å². The van der Waals surface area contributed by atoms with Gasteiger partial charge in [-0.2, -0.15) is 4.98 Å². The van der Waals surface area contributed by atoms with E-state index in [1.165, 1.54) is 37.4 Å². The number of alkyl halides is 1. The molecule has 1 aliphatic rings. The van der Waals surface area contributed by atoms with Crippen LogP contribution in [0.15, 0.2) is 47.5 Å². The highest BCUT2D eigenvalue weighted by atomic mass is 19.1. The Kier molecular flexibility index (Phi) is 6.09. The van der Waals surface area contributed by atoms with Gasteiger partial charge in [0.2, 0.25) is 5.95 Å². The number of hydrogen-bond donors (Lipinski definition) is 3. The zero-order valence-electron chi connectivity index (χ0n) is 20.8. The maximum atomic E-state index is 14.1. The quantitative estimate of drug-likeness (QED) is 0.379. The van der Waals surface area contributed by atoms with Crippen LogP contribution >= 0.6 is 0 Å². The maximum absolute atomic E-state index is 14.1. The van der Waals surface area contributed by atoms with Crippen molar-refractivity contribution in [3.63, 3.8) is 0 Å².